The summed E-state index contributed by atoms with van der Waals surface area (Å²) in [6.07, 6.45) is 5.46. The molecule has 1 fully saturated rings. The van der Waals surface area contributed by atoms with Crippen LogP contribution in [0.3, 0.4) is 0 Å². The van der Waals surface area contributed by atoms with Crippen LogP contribution in [-0.2, 0) is 8.56 Å². The summed E-state index contributed by atoms with van der Waals surface area (Å²) in [6, 6.07) is 0. The summed E-state index contributed by atoms with van der Waals surface area (Å²) < 4.78 is 5.84. The molecule has 2 aliphatic carbocycles. The van der Waals surface area contributed by atoms with Crippen LogP contribution < -0.4 is 0 Å². The van der Waals surface area contributed by atoms with E-state index in [1.807, 2.05) is 0 Å². The van der Waals surface area contributed by atoms with Crippen molar-refractivity contribution in [2.24, 2.45) is 34.0 Å². The second kappa shape index (κ2) is 5.14. The second-order valence-corrected chi connectivity index (χ2v) is 14.4. The molecular weight excluding hydrogens is 321 g/mol. The molecule has 0 saturated heterocycles. The molecule has 0 N–H and O–H groups in total. The molecule has 21 heavy (non-hydrogen) atoms. The molecule has 2 bridgehead atoms. The Balaban J connectivity index is 2.47. The van der Waals surface area contributed by atoms with E-state index in [1.165, 1.54) is 0 Å². The van der Waals surface area contributed by atoms with E-state index in [1.54, 1.807) is 0 Å². The van der Waals surface area contributed by atoms with Crippen molar-refractivity contribution in [2.75, 3.05) is 0 Å². The minimum absolute atomic E-state index is 0.0722. The van der Waals surface area contributed by atoms with Gasteiger partial charge in [0.2, 0.25) is 0 Å². The van der Waals surface area contributed by atoms with Crippen LogP contribution in [0.4, 0.5) is 0 Å². The molecule has 2 nitrogen and oxygen atoms in total. The first-order chi connectivity index (χ1) is 9.39. The number of rotatable bonds is 2. The third-order valence-electron chi connectivity index (χ3n) is 5.25. The van der Waals surface area contributed by atoms with E-state index in [0.29, 0.717) is 17.8 Å². The molecule has 0 radical (unpaired) electrons. The number of allylic oxidation sites excluding steroid dienone is 1. The van der Waals surface area contributed by atoms with Crippen LogP contribution in [0.25, 0.3) is 0 Å². The zero-order chi connectivity index (χ0) is 16.2. The number of carbonyl (C=O) groups is 1. The maximum atomic E-state index is 12.9. The molecule has 4 atom stereocenters. The summed E-state index contributed by atoms with van der Waals surface area (Å²) in [5.41, 5.74) is -0.0362. The molecule has 1 saturated carbocycles. The fraction of sp³-hybridized carbons (Fsp3) is 0.833. The van der Waals surface area contributed by atoms with Crippen LogP contribution in [0.1, 0.15) is 48.0 Å². The van der Waals surface area contributed by atoms with Crippen molar-refractivity contribution in [1.82, 2.24) is 0 Å². The third-order valence-corrected chi connectivity index (χ3v) is 6.68. The van der Waals surface area contributed by atoms with E-state index in [-0.39, 0.29) is 22.2 Å². The van der Waals surface area contributed by atoms with Gasteiger partial charge < -0.3 is 0 Å². The SMILES string of the molecule is [CH3][GeH]([CH3])[O]C(=O)C12C=CC(C1)C(C(C)(C)C)C2C(C)(C)C. The Kier molecular flexibility index (Phi) is 4.19. The van der Waals surface area contributed by atoms with Crippen LogP contribution in [0.15, 0.2) is 12.2 Å². The standard InChI is InChI=1S/C18H32GeO2/c1-16(2,3)13-12-9-10-18(11-12,14(13)17(4,5)6)15(20)21-19(7)8/h9-10,12-14,19H,11H2,1-8H3. The molecule has 0 aliphatic heterocycles. The fourth-order valence-electron chi connectivity index (χ4n) is 4.92. The quantitative estimate of drug-likeness (QED) is 0.543. The van der Waals surface area contributed by atoms with E-state index in [0.717, 1.165) is 6.42 Å². The van der Waals surface area contributed by atoms with Crippen molar-refractivity contribution in [1.29, 1.82) is 0 Å². The van der Waals surface area contributed by atoms with Gasteiger partial charge in [0.15, 0.2) is 0 Å². The Bertz CT molecular complexity index is 453. The van der Waals surface area contributed by atoms with Gasteiger partial charge in [0.05, 0.1) is 0 Å². The van der Waals surface area contributed by atoms with Crippen molar-refractivity contribution in [3.8, 4) is 0 Å². The topological polar surface area (TPSA) is 26.3 Å². The van der Waals surface area contributed by atoms with Gasteiger partial charge in [-0.05, 0) is 0 Å². The Morgan fingerprint density at radius 2 is 1.71 bits per heavy atom. The van der Waals surface area contributed by atoms with Crippen LogP contribution in [0, 0.1) is 34.0 Å². The van der Waals surface area contributed by atoms with Crippen molar-refractivity contribution >= 4 is 20.7 Å². The van der Waals surface area contributed by atoms with Gasteiger partial charge in [-0.15, -0.1) is 0 Å². The molecule has 0 aromatic heterocycles. The summed E-state index contributed by atoms with van der Waals surface area (Å²) in [5, 5.41) is 0. The average Bonchev–Trinajstić information content (AvgIpc) is 2.81. The Morgan fingerprint density at radius 1 is 1.14 bits per heavy atom. The molecule has 0 aromatic rings. The van der Waals surface area contributed by atoms with Gasteiger partial charge >= 0.3 is 135 Å². The molecule has 2 rings (SSSR count). The van der Waals surface area contributed by atoms with E-state index in [4.69, 9.17) is 3.76 Å². The number of carbonyl (C=O) groups excluding carboxylic acids is 1. The summed E-state index contributed by atoms with van der Waals surface area (Å²) >= 11 is -1.81. The molecular formula is C18H32GeO2. The summed E-state index contributed by atoms with van der Waals surface area (Å²) in [4.78, 5) is 12.9. The molecule has 120 valence electrons. The first-order valence-electron chi connectivity index (χ1n) is 8.30. The van der Waals surface area contributed by atoms with Gasteiger partial charge in [0.25, 0.3) is 0 Å². The van der Waals surface area contributed by atoms with Crippen molar-refractivity contribution < 1.29 is 8.56 Å². The molecule has 0 heterocycles. The molecule has 3 heteroatoms. The molecule has 4 unspecified atom stereocenters. The molecule has 0 amide bonds. The van der Waals surface area contributed by atoms with Gasteiger partial charge in [0, 0.05) is 0 Å². The summed E-state index contributed by atoms with van der Waals surface area (Å²) in [6.45, 7) is 13.8. The van der Waals surface area contributed by atoms with Crippen molar-refractivity contribution in [3.63, 3.8) is 0 Å². The van der Waals surface area contributed by atoms with Crippen LogP contribution >= 0.6 is 0 Å². The fourth-order valence-corrected chi connectivity index (χ4v) is 6.28. The minimum atomic E-state index is -1.81. The summed E-state index contributed by atoms with van der Waals surface area (Å²) in [7, 11) is 0. The second-order valence-electron chi connectivity index (χ2n) is 9.46. The van der Waals surface area contributed by atoms with Gasteiger partial charge in [-0.3, -0.25) is 0 Å². The van der Waals surface area contributed by atoms with Gasteiger partial charge in [0.1, 0.15) is 0 Å². The molecule has 0 spiro atoms. The third kappa shape index (κ3) is 2.85. The van der Waals surface area contributed by atoms with Crippen LogP contribution in [-0.4, -0.2) is 20.7 Å². The van der Waals surface area contributed by atoms with Gasteiger partial charge in [-0.1, -0.05) is 0 Å². The number of hydrogen-bond donors (Lipinski definition) is 0. The Morgan fingerprint density at radius 3 is 2.14 bits per heavy atom. The molecule has 0 aromatic carbocycles. The molecule has 2 aliphatic rings. The van der Waals surface area contributed by atoms with Crippen LogP contribution in [0.2, 0.25) is 11.5 Å². The van der Waals surface area contributed by atoms with E-state index >= 15 is 0 Å². The Hall–Kier alpha value is -0.247. The number of hydrogen-bond acceptors (Lipinski definition) is 2. The van der Waals surface area contributed by atoms with Crippen molar-refractivity contribution in [3.05, 3.63) is 12.2 Å². The average molecular weight is 353 g/mol. The van der Waals surface area contributed by atoms with Crippen molar-refractivity contribution in [2.45, 2.75) is 59.5 Å². The maximum absolute atomic E-state index is 12.9. The first-order valence-corrected chi connectivity index (χ1v) is 14.1. The zero-order valence-electron chi connectivity index (χ0n) is 15.0. The van der Waals surface area contributed by atoms with E-state index < -0.39 is 14.7 Å². The van der Waals surface area contributed by atoms with E-state index in [2.05, 4.69) is 65.2 Å². The summed E-state index contributed by atoms with van der Waals surface area (Å²) in [5.74, 6) is 5.77. The zero-order valence-corrected chi connectivity index (χ0v) is 17.4. The monoisotopic (exact) mass is 354 g/mol. The first kappa shape index (κ1) is 17.1. The Labute approximate surface area is 135 Å². The predicted octanol–water partition coefficient (Wildman–Crippen LogP) is 4.41. The predicted molar refractivity (Wildman–Crippen MR) is 90.5 cm³/mol. The number of fused-ring (bicyclic) bond motifs is 2. The van der Waals surface area contributed by atoms with Gasteiger partial charge in [-0.2, -0.15) is 0 Å². The van der Waals surface area contributed by atoms with Gasteiger partial charge in [-0.25, -0.2) is 0 Å². The van der Waals surface area contributed by atoms with Crippen LogP contribution in [0.5, 0.6) is 0 Å². The normalized spacial score (nSPS) is 35.6. The van der Waals surface area contributed by atoms with E-state index in [9.17, 15) is 4.79 Å².